The van der Waals surface area contributed by atoms with Crippen molar-refractivity contribution in [2.75, 3.05) is 44.2 Å². The molecule has 1 aliphatic heterocycles. The predicted octanol–water partition coefficient (Wildman–Crippen LogP) is 3.54. The van der Waals surface area contributed by atoms with Gasteiger partial charge in [-0.15, -0.1) is 0 Å². The second kappa shape index (κ2) is 10.9. The molecule has 0 saturated heterocycles. The molecule has 1 aromatic carbocycles. The van der Waals surface area contributed by atoms with Gasteiger partial charge >= 0.3 is 7.60 Å². The predicted molar refractivity (Wildman–Crippen MR) is 122 cm³/mol. The third-order valence-electron chi connectivity index (χ3n) is 4.96. The summed E-state index contributed by atoms with van der Waals surface area (Å²) in [6, 6.07) is 9.30. The van der Waals surface area contributed by atoms with E-state index < -0.39 is 7.60 Å². The number of aromatic nitrogens is 1. The summed E-state index contributed by atoms with van der Waals surface area (Å²) in [4.78, 5) is 18.6. The fraction of sp³-hybridized carbons (Fsp3) is 0.455. The number of carbonyl (C=O) groups is 1. The molecule has 2 heterocycles. The number of fused-ring (bicyclic) bond motifs is 1. The molecule has 2 N–H and O–H groups in total. The van der Waals surface area contributed by atoms with E-state index in [1.54, 1.807) is 31.9 Å². The molecule has 1 aromatic heterocycles. The normalized spacial score (nSPS) is 13.5. The van der Waals surface area contributed by atoms with Crippen LogP contribution in [0.25, 0.3) is 0 Å². The lowest BCUT2D eigenvalue weighted by Gasteiger charge is -2.19. The Balaban J connectivity index is 1.74. The van der Waals surface area contributed by atoms with Crippen LogP contribution < -0.4 is 15.4 Å². The molecule has 0 spiro atoms. The summed E-state index contributed by atoms with van der Waals surface area (Å²) in [5.74, 6) is 0.600. The zero-order chi connectivity index (χ0) is 23.1. The average Bonchev–Trinajstić information content (AvgIpc) is 3.06. The van der Waals surface area contributed by atoms with Crippen molar-refractivity contribution in [3.63, 3.8) is 0 Å². The molecular weight excluding hydrogens is 433 g/mol. The molecule has 32 heavy (non-hydrogen) atoms. The number of anilines is 2. The van der Waals surface area contributed by atoms with E-state index in [1.807, 2.05) is 24.3 Å². The van der Waals surface area contributed by atoms with Crippen molar-refractivity contribution in [3.05, 3.63) is 47.0 Å². The maximum Gasteiger partial charge on any atom is 0.335 e. The first-order valence-corrected chi connectivity index (χ1v) is 12.3. The summed E-state index contributed by atoms with van der Waals surface area (Å²) in [5.41, 5.74) is 9.25. The number of hydrogen-bond acceptors (Lipinski definition) is 8. The Morgan fingerprint density at radius 3 is 2.38 bits per heavy atom. The summed E-state index contributed by atoms with van der Waals surface area (Å²) in [6.07, 6.45) is 0.404. The lowest BCUT2D eigenvalue weighted by atomic mass is 10.1. The van der Waals surface area contributed by atoms with Crippen molar-refractivity contribution in [2.45, 2.75) is 33.0 Å². The minimum Gasteiger partial charge on any atom is -0.475 e. The van der Waals surface area contributed by atoms with E-state index in [9.17, 15) is 9.36 Å². The Labute approximate surface area is 188 Å². The van der Waals surface area contributed by atoms with Gasteiger partial charge in [0, 0.05) is 18.7 Å². The quantitative estimate of drug-likeness (QED) is 0.376. The number of methoxy groups -OCH3 is 1. The van der Waals surface area contributed by atoms with Crippen molar-refractivity contribution >= 4 is 25.0 Å². The van der Waals surface area contributed by atoms with Gasteiger partial charge in [0.25, 0.3) is 0 Å². The summed E-state index contributed by atoms with van der Waals surface area (Å²) >= 11 is 0. The third-order valence-corrected chi connectivity index (χ3v) is 7.01. The molecule has 2 aromatic rings. The molecule has 1 aliphatic rings. The second-order valence-electron chi connectivity index (χ2n) is 7.26. The number of nitrogens with two attached hydrogens (primary N) is 1. The van der Waals surface area contributed by atoms with E-state index in [-0.39, 0.29) is 18.5 Å². The van der Waals surface area contributed by atoms with Crippen molar-refractivity contribution in [1.82, 2.24) is 4.98 Å². The number of amides is 1. The third kappa shape index (κ3) is 5.86. The molecule has 0 atom stereocenters. The van der Waals surface area contributed by atoms with Crippen LogP contribution in [0.2, 0.25) is 0 Å². The number of ether oxygens (including phenoxy) is 2. The standard InChI is InChI=1S/C22H30N3O6P/c1-4-30-32(27,31-5-2)15-17-8-6-16(7-9-17)14-25-19-13-20(29-11-10-28-3)24-22(23)18(19)12-21(25)26/h6-9,13H,4-5,10-12,14-15H2,1-3H3,(H2,23,24). The van der Waals surface area contributed by atoms with Gasteiger partial charge in [-0.2, -0.15) is 4.98 Å². The number of nitrogen functional groups attached to an aromatic ring is 1. The van der Waals surface area contributed by atoms with Gasteiger partial charge in [0.05, 0.1) is 44.6 Å². The maximum absolute atomic E-state index is 12.7. The average molecular weight is 463 g/mol. The number of pyridine rings is 1. The van der Waals surface area contributed by atoms with Gasteiger partial charge in [-0.3, -0.25) is 9.36 Å². The van der Waals surface area contributed by atoms with Crippen LogP contribution in [0, 0.1) is 0 Å². The van der Waals surface area contributed by atoms with Crippen molar-refractivity contribution in [2.24, 2.45) is 0 Å². The van der Waals surface area contributed by atoms with E-state index in [0.717, 1.165) is 11.1 Å². The van der Waals surface area contributed by atoms with E-state index in [0.29, 0.717) is 55.9 Å². The lowest BCUT2D eigenvalue weighted by Crippen LogP contribution is -2.26. The molecule has 3 rings (SSSR count). The topological polar surface area (TPSA) is 113 Å². The first-order valence-electron chi connectivity index (χ1n) is 10.6. The molecule has 0 unspecified atom stereocenters. The van der Waals surface area contributed by atoms with Gasteiger partial charge in [0.2, 0.25) is 11.8 Å². The van der Waals surface area contributed by atoms with Crippen LogP contribution >= 0.6 is 7.60 Å². The summed E-state index contributed by atoms with van der Waals surface area (Å²) < 4.78 is 34.1. The molecule has 10 heteroatoms. The van der Waals surface area contributed by atoms with Crippen LogP contribution in [0.5, 0.6) is 5.88 Å². The summed E-state index contributed by atoms with van der Waals surface area (Å²) in [5, 5.41) is 0. The number of nitrogens with zero attached hydrogens (tertiary/aromatic N) is 2. The molecule has 174 valence electrons. The van der Waals surface area contributed by atoms with Gasteiger partial charge in [-0.1, -0.05) is 24.3 Å². The Hall–Kier alpha value is -2.45. The van der Waals surface area contributed by atoms with Crippen LogP contribution in [-0.2, 0) is 42.3 Å². The smallest absolute Gasteiger partial charge is 0.335 e. The van der Waals surface area contributed by atoms with Crippen molar-refractivity contribution in [3.8, 4) is 5.88 Å². The minimum atomic E-state index is -3.17. The molecule has 0 bridgehead atoms. The fourth-order valence-electron chi connectivity index (χ4n) is 3.51. The molecule has 1 amide bonds. The monoisotopic (exact) mass is 463 g/mol. The number of hydrogen-bond donors (Lipinski definition) is 1. The Bertz CT molecular complexity index is 972. The van der Waals surface area contributed by atoms with Crippen LogP contribution in [0.15, 0.2) is 30.3 Å². The molecule has 0 radical (unpaired) electrons. The highest BCUT2D eigenvalue weighted by Gasteiger charge is 2.31. The Morgan fingerprint density at radius 2 is 1.75 bits per heavy atom. The second-order valence-corrected chi connectivity index (χ2v) is 9.32. The van der Waals surface area contributed by atoms with Gasteiger partial charge in [-0.05, 0) is 25.0 Å². The number of benzene rings is 1. The van der Waals surface area contributed by atoms with Gasteiger partial charge < -0.3 is 29.2 Å². The lowest BCUT2D eigenvalue weighted by molar-refractivity contribution is -0.117. The largest absolute Gasteiger partial charge is 0.475 e. The van der Waals surface area contributed by atoms with Crippen LogP contribution in [-0.4, -0.2) is 44.4 Å². The van der Waals surface area contributed by atoms with Crippen molar-refractivity contribution < 1.29 is 27.9 Å². The number of carbonyl (C=O) groups excluding carboxylic acids is 1. The molecule has 0 aliphatic carbocycles. The summed E-state index contributed by atoms with van der Waals surface area (Å²) in [6.45, 7) is 5.35. The molecule has 0 saturated carbocycles. The summed E-state index contributed by atoms with van der Waals surface area (Å²) in [7, 11) is -1.58. The SMILES string of the molecule is CCOP(=O)(Cc1ccc(CN2C(=O)Cc3c2cc(OCCOC)nc3N)cc1)OCC. The number of rotatable bonds is 12. The highest BCUT2D eigenvalue weighted by molar-refractivity contribution is 7.53. The van der Waals surface area contributed by atoms with Crippen LogP contribution in [0.3, 0.4) is 0 Å². The van der Waals surface area contributed by atoms with E-state index in [1.165, 1.54) is 0 Å². The van der Waals surface area contributed by atoms with Crippen LogP contribution in [0.4, 0.5) is 11.5 Å². The van der Waals surface area contributed by atoms with E-state index in [4.69, 9.17) is 24.3 Å². The Kier molecular flexibility index (Phi) is 8.26. The highest BCUT2D eigenvalue weighted by atomic mass is 31.2. The fourth-order valence-corrected chi connectivity index (χ4v) is 5.21. The van der Waals surface area contributed by atoms with Gasteiger partial charge in [0.1, 0.15) is 12.4 Å². The zero-order valence-corrected chi connectivity index (χ0v) is 19.6. The Morgan fingerprint density at radius 1 is 1.09 bits per heavy atom. The highest BCUT2D eigenvalue weighted by Crippen LogP contribution is 2.51. The molecular formula is C22H30N3O6P. The van der Waals surface area contributed by atoms with E-state index >= 15 is 0 Å². The van der Waals surface area contributed by atoms with Gasteiger partial charge in [-0.25, -0.2) is 0 Å². The molecule has 0 fully saturated rings. The first-order chi connectivity index (χ1) is 15.4. The van der Waals surface area contributed by atoms with E-state index in [2.05, 4.69) is 4.98 Å². The first kappa shape index (κ1) is 24.2. The zero-order valence-electron chi connectivity index (χ0n) is 18.7. The van der Waals surface area contributed by atoms with Crippen molar-refractivity contribution in [1.29, 1.82) is 0 Å². The molecule has 9 nitrogen and oxygen atoms in total. The minimum absolute atomic E-state index is 0.0520. The van der Waals surface area contributed by atoms with Gasteiger partial charge in [0.15, 0.2) is 0 Å². The van der Waals surface area contributed by atoms with Crippen LogP contribution in [0.1, 0.15) is 30.5 Å². The maximum atomic E-state index is 12.7.